The SMILES string of the molecule is C#C.CC.Cc1cc(CNC=O)ccc1F. The molecule has 1 rings (SSSR count). The summed E-state index contributed by atoms with van der Waals surface area (Å²) in [7, 11) is 0. The average Bonchev–Trinajstić information content (AvgIpc) is 2.36. The van der Waals surface area contributed by atoms with Crippen molar-refractivity contribution in [3.63, 3.8) is 0 Å². The monoisotopic (exact) mass is 223 g/mol. The van der Waals surface area contributed by atoms with Crippen LogP contribution in [0.4, 0.5) is 4.39 Å². The van der Waals surface area contributed by atoms with Crippen molar-refractivity contribution in [3.8, 4) is 12.8 Å². The lowest BCUT2D eigenvalue weighted by Gasteiger charge is -2.01. The zero-order valence-corrected chi connectivity index (χ0v) is 9.96. The van der Waals surface area contributed by atoms with Gasteiger partial charge in [-0.05, 0) is 24.1 Å². The van der Waals surface area contributed by atoms with Gasteiger partial charge in [-0.2, -0.15) is 0 Å². The van der Waals surface area contributed by atoms with Gasteiger partial charge in [0.2, 0.25) is 6.41 Å². The van der Waals surface area contributed by atoms with Gasteiger partial charge in [-0.25, -0.2) is 4.39 Å². The number of terminal acetylenes is 1. The van der Waals surface area contributed by atoms with Gasteiger partial charge in [0.05, 0.1) is 0 Å². The highest BCUT2D eigenvalue weighted by Gasteiger charge is 1.97. The van der Waals surface area contributed by atoms with Crippen LogP contribution in [0.1, 0.15) is 25.0 Å². The van der Waals surface area contributed by atoms with Crippen LogP contribution in [0.3, 0.4) is 0 Å². The van der Waals surface area contributed by atoms with Crippen LogP contribution in [-0.4, -0.2) is 6.41 Å². The fourth-order valence-corrected chi connectivity index (χ4v) is 0.976. The number of hydrogen-bond donors (Lipinski definition) is 1. The molecule has 0 radical (unpaired) electrons. The molecule has 0 heterocycles. The molecule has 0 saturated carbocycles. The van der Waals surface area contributed by atoms with Gasteiger partial charge in [0.1, 0.15) is 5.82 Å². The van der Waals surface area contributed by atoms with E-state index >= 15 is 0 Å². The van der Waals surface area contributed by atoms with Crippen molar-refractivity contribution < 1.29 is 9.18 Å². The van der Waals surface area contributed by atoms with Crippen molar-refractivity contribution >= 4 is 6.41 Å². The second-order valence-electron chi connectivity index (χ2n) is 2.58. The van der Waals surface area contributed by atoms with Crippen LogP contribution in [0.15, 0.2) is 18.2 Å². The quantitative estimate of drug-likeness (QED) is 0.619. The molecule has 1 aromatic rings. The number of amides is 1. The molecule has 0 bridgehead atoms. The summed E-state index contributed by atoms with van der Waals surface area (Å²) in [5, 5.41) is 2.51. The minimum Gasteiger partial charge on any atom is -0.355 e. The minimum absolute atomic E-state index is 0.218. The van der Waals surface area contributed by atoms with Gasteiger partial charge in [0, 0.05) is 6.54 Å². The third kappa shape index (κ3) is 6.61. The van der Waals surface area contributed by atoms with Crippen molar-refractivity contribution in [1.29, 1.82) is 0 Å². The first-order valence-electron chi connectivity index (χ1n) is 4.99. The zero-order valence-electron chi connectivity index (χ0n) is 9.96. The van der Waals surface area contributed by atoms with Crippen molar-refractivity contribution in [2.45, 2.75) is 27.3 Å². The maximum absolute atomic E-state index is 12.7. The van der Waals surface area contributed by atoms with Crippen LogP contribution in [0.5, 0.6) is 0 Å². The predicted molar refractivity (Wildman–Crippen MR) is 65.3 cm³/mol. The van der Waals surface area contributed by atoms with Crippen molar-refractivity contribution in [3.05, 3.63) is 35.1 Å². The van der Waals surface area contributed by atoms with E-state index in [4.69, 9.17) is 0 Å². The lowest BCUT2D eigenvalue weighted by Crippen LogP contribution is -2.09. The smallest absolute Gasteiger partial charge is 0.207 e. The van der Waals surface area contributed by atoms with Crippen LogP contribution < -0.4 is 5.32 Å². The molecule has 0 spiro atoms. The molecule has 16 heavy (non-hydrogen) atoms. The third-order valence-corrected chi connectivity index (χ3v) is 1.61. The molecule has 1 amide bonds. The van der Waals surface area contributed by atoms with Gasteiger partial charge in [-0.3, -0.25) is 4.79 Å². The van der Waals surface area contributed by atoms with Crippen LogP contribution in [0, 0.1) is 25.6 Å². The lowest BCUT2D eigenvalue weighted by molar-refractivity contribution is -0.109. The number of carbonyl (C=O) groups is 1. The predicted octanol–water partition coefficient (Wildman–Crippen LogP) is 2.66. The molecule has 0 saturated heterocycles. The van der Waals surface area contributed by atoms with Gasteiger partial charge >= 0.3 is 0 Å². The van der Waals surface area contributed by atoms with E-state index in [0.29, 0.717) is 18.5 Å². The van der Waals surface area contributed by atoms with Crippen molar-refractivity contribution in [1.82, 2.24) is 5.32 Å². The molecule has 0 fully saturated rings. The van der Waals surface area contributed by atoms with Crippen LogP contribution in [-0.2, 0) is 11.3 Å². The van der Waals surface area contributed by atoms with E-state index in [1.54, 1.807) is 19.1 Å². The van der Waals surface area contributed by atoms with Gasteiger partial charge in [0.25, 0.3) is 0 Å². The summed E-state index contributed by atoms with van der Waals surface area (Å²) in [6, 6.07) is 4.77. The van der Waals surface area contributed by atoms with Crippen LogP contribution in [0.2, 0.25) is 0 Å². The summed E-state index contributed by atoms with van der Waals surface area (Å²) in [5.41, 5.74) is 1.50. The summed E-state index contributed by atoms with van der Waals surface area (Å²) < 4.78 is 12.7. The first kappa shape index (κ1) is 16.6. The lowest BCUT2D eigenvalue weighted by atomic mass is 10.1. The first-order chi connectivity index (χ1) is 7.74. The maximum Gasteiger partial charge on any atom is 0.207 e. The van der Waals surface area contributed by atoms with E-state index in [9.17, 15) is 9.18 Å². The van der Waals surface area contributed by atoms with Gasteiger partial charge in [-0.1, -0.05) is 26.0 Å². The largest absolute Gasteiger partial charge is 0.355 e. The average molecular weight is 223 g/mol. The molecule has 3 heteroatoms. The Morgan fingerprint density at radius 1 is 1.38 bits per heavy atom. The highest BCUT2D eigenvalue weighted by atomic mass is 19.1. The Morgan fingerprint density at radius 2 is 1.94 bits per heavy atom. The topological polar surface area (TPSA) is 29.1 Å². The molecule has 0 aromatic heterocycles. The van der Waals surface area contributed by atoms with Crippen molar-refractivity contribution in [2.24, 2.45) is 0 Å². The highest BCUT2D eigenvalue weighted by Crippen LogP contribution is 2.08. The Morgan fingerprint density at radius 3 is 2.38 bits per heavy atom. The Bertz CT molecular complexity index is 321. The number of nitrogens with one attached hydrogen (secondary N) is 1. The van der Waals surface area contributed by atoms with E-state index in [0.717, 1.165) is 5.56 Å². The minimum atomic E-state index is -0.218. The fourth-order valence-electron chi connectivity index (χ4n) is 0.976. The van der Waals surface area contributed by atoms with E-state index in [2.05, 4.69) is 18.2 Å². The van der Waals surface area contributed by atoms with E-state index in [-0.39, 0.29) is 5.82 Å². The number of aryl methyl sites for hydroxylation is 1. The standard InChI is InChI=1S/C9H10FNO.C2H6.C2H2/c1-7-4-8(5-11-6-12)2-3-9(7)10;2*1-2/h2-4,6H,5H2,1H3,(H,11,12);1-2H3;1-2H. The first-order valence-corrected chi connectivity index (χ1v) is 4.99. The second kappa shape index (κ2) is 11.3. The fraction of sp³-hybridized carbons (Fsp3) is 0.308. The molecule has 88 valence electrons. The summed E-state index contributed by atoms with van der Waals surface area (Å²) in [4.78, 5) is 9.94. The summed E-state index contributed by atoms with van der Waals surface area (Å²) in [6.07, 6.45) is 8.62. The molecule has 1 aromatic carbocycles. The third-order valence-electron chi connectivity index (χ3n) is 1.61. The Labute approximate surface area is 96.9 Å². The van der Waals surface area contributed by atoms with Gasteiger partial charge in [-0.15, -0.1) is 12.8 Å². The molecule has 0 aliphatic rings. The van der Waals surface area contributed by atoms with E-state index < -0.39 is 0 Å². The van der Waals surface area contributed by atoms with Gasteiger partial charge < -0.3 is 5.32 Å². The molecule has 0 unspecified atom stereocenters. The van der Waals surface area contributed by atoms with Crippen LogP contribution >= 0.6 is 0 Å². The number of hydrogen-bond acceptors (Lipinski definition) is 1. The molecule has 2 nitrogen and oxygen atoms in total. The number of benzene rings is 1. The maximum atomic E-state index is 12.7. The molecular weight excluding hydrogens is 205 g/mol. The highest BCUT2D eigenvalue weighted by molar-refractivity contribution is 5.46. The number of carbonyl (C=O) groups excluding carboxylic acids is 1. The Balaban J connectivity index is 0. The Hall–Kier alpha value is -1.82. The van der Waals surface area contributed by atoms with Crippen LogP contribution in [0.25, 0.3) is 0 Å². The molecule has 0 aliphatic heterocycles. The zero-order chi connectivity index (χ0) is 13.0. The second-order valence-corrected chi connectivity index (χ2v) is 2.58. The molecular formula is C13H18FNO. The van der Waals surface area contributed by atoms with E-state index in [1.807, 2.05) is 13.8 Å². The summed E-state index contributed by atoms with van der Waals surface area (Å²) >= 11 is 0. The number of rotatable bonds is 3. The van der Waals surface area contributed by atoms with Gasteiger partial charge in [0.15, 0.2) is 0 Å². The summed E-state index contributed by atoms with van der Waals surface area (Å²) in [5.74, 6) is -0.218. The molecule has 1 N–H and O–H groups in total. The Kier molecular flexibility index (Phi) is 11.7. The van der Waals surface area contributed by atoms with E-state index in [1.165, 1.54) is 6.07 Å². The van der Waals surface area contributed by atoms with Crippen molar-refractivity contribution in [2.75, 3.05) is 0 Å². The molecule has 0 aliphatic carbocycles. The number of halogens is 1. The summed E-state index contributed by atoms with van der Waals surface area (Å²) in [6.45, 7) is 6.14. The molecule has 0 atom stereocenters. The normalized spacial score (nSPS) is 7.62.